The number of rotatable bonds is 9. The van der Waals surface area contributed by atoms with Crippen LogP contribution < -0.4 is 10.5 Å². The van der Waals surface area contributed by atoms with Gasteiger partial charge in [-0.1, -0.05) is 45.1 Å². The lowest BCUT2D eigenvalue weighted by atomic mass is 9.56. The summed E-state index contributed by atoms with van der Waals surface area (Å²) in [7, 11) is 0. The molecule has 3 fully saturated rings. The molecule has 2 aromatic heterocycles. The molecule has 0 radical (unpaired) electrons. The van der Waals surface area contributed by atoms with E-state index in [0.717, 1.165) is 36.8 Å². The van der Waals surface area contributed by atoms with E-state index in [2.05, 4.69) is 20.9 Å². The van der Waals surface area contributed by atoms with E-state index in [-0.39, 0.29) is 47.1 Å². The predicted molar refractivity (Wildman–Crippen MR) is 180 cm³/mol. The zero-order chi connectivity index (χ0) is 36.0. The molecule has 2 N–H and O–H groups in total. The maximum atomic E-state index is 14.2. The van der Waals surface area contributed by atoms with Gasteiger partial charge in [0.05, 0.1) is 18.7 Å². The number of hydrogen-bond donors (Lipinski definition) is 1. The third kappa shape index (κ3) is 6.77. The van der Waals surface area contributed by atoms with Crippen LogP contribution in [0.25, 0.3) is 11.2 Å². The Kier molecular flexibility index (Phi) is 9.37. The Morgan fingerprint density at radius 1 is 1.16 bits per heavy atom. The molecule has 2 saturated carbocycles. The minimum atomic E-state index is -1.68. The van der Waals surface area contributed by atoms with Crippen molar-refractivity contribution < 1.29 is 37.7 Å². The average Bonchev–Trinajstić information content (AvgIpc) is 3.60. The van der Waals surface area contributed by atoms with Crippen LogP contribution in [0.5, 0.6) is 5.75 Å². The molecular formula is C37H44FN5O7. The van der Waals surface area contributed by atoms with Crippen molar-refractivity contribution in [3.05, 3.63) is 41.2 Å². The fourth-order valence-corrected chi connectivity index (χ4v) is 8.29. The van der Waals surface area contributed by atoms with E-state index in [0.29, 0.717) is 11.3 Å². The number of ether oxygens (including phenoxy) is 4. The van der Waals surface area contributed by atoms with Crippen LogP contribution in [-0.4, -0.2) is 55.7 Å². The molecule has 1 saturated heterocycles. The molecule has 266 valence electrons. The first-order chi connectivity index (χ1) is 23.6. The van der Waals surface area contributed by atoms with Crippen LogP contribution in [0.15, 0.2) is 18.5 Å². The number of nitrogens with two attached hydrogens (primary N) is 1. The topological polar surface area (TPSA) is 158 Å². The lowest BCUT2D eigenvalue weighted by Crippen LogP contribution is -2.49. The third-order valence-electron chi connectivity index (χ3n) is 10.5. The summed E-state index contributed by atoms with van der Waals surface area (Å²) in [5, 5.41) is 0. The number of benzene rings is 1. The van der Waals surface area contributed by atoms with E-state index in [1.54, 1.807) is 6.07 Å². The van der Waals surface area contributed by atoms with Crippen molar-refractivity contribution in [1.29, 1.82) is 0 Å². The number of anilines is 1. The number of carbonyl (C=O) groups excluding carboxylic acids is 3. The number of aromatic nitrogens is 4. The van der Waals surface area contributed by atoms with Crippen molar-refractivity contribution >= 4 is 34.9 Å². The van der Waals surface area contributed by atoms with Gasteiger partial charge in [-0.2, -0.15) is 14.4 Å². The second-order valence-electron chi connectivity index (χ2n) is 14.9. The van der Waals surface area contributed by atoms with Gasteiger partial charge in [-0.15, -0.1) is 6.42 Å². The highest BCUT2D eigenvalue weighted by molar-refractivity contribution is 5.81. The Bertz CT molecular complexity index is 1870. The Labute approximate surface area is 290 Å². The van der Waals surface area contributed by atoms with Crippen LogP contribution in [0.4, 0.5) is 10.2 Å². The number of terminal acetylenes is 1. The molecule has 6 rings (SSSR count). The molecule has 3 atom stereocenters. The number of carbonyl (C=O) groups is 3. The van der Waals surface area contributed by atoms with Gasteiger partial charge in [0.15, 0.2) is 17.0 Å². The maximum Gasteiger partial charge on any atom is 0.312 e. The maximum absolute atomic E-state index is 14.2. The fourth-order valence-electron chi connectivity index (χ4n) is 8.29. The van der Waals surface area contributed by atoms with Gasteiger partial charge in [0.2, 0.25) is 5.60 Å². The largest absolute Gasteiger partial charge is 0.461 e. The van der Waals surface area contributed by atoms with Crippen molar-refractivity contribution in [1.82, 2.24) is 19.5 Å². The second kappa shape index (κ2) is 13.3. The second-order valence-corrected chi connectivity index (χ2v) is 14.9. The summed E-state index contributed by atoms with van der Waals surface area (Å²) in [5.41, 5.74) is 6.30. The fraction of sp³-hybridized carbons (Fsp3) is 0.568. The number of nitrogen functional groups attached to an aromatic ring is 1. The summed E-state index contributed by atoms with van der Waals surface area (Å²) in [5.74, 6) is 1.16. The number of imidazole rings is 1. The van der Waals surface area contributed by atoms with Crippen molar-refractivity contribution in [2.75, 3.05) is 12.3 Å². The first-order valence-electron chi connectivity index (χ1n) is 17.1. The molecule has 0 amide bonds. The molecule has 3 aliphatic rings. The van der Waals surface area contributed by atoms with Crippen LogP contribution in [0.1, 0.15) is 101 Å². The summed E-state index contributed by atoms with van der Waals surface area (Å²) in [6.07, 6.45) is 11.8. The number of nitrogens with zero attached hydrogens (tertiary/aromatic N) is 4. The molecular weight excluding hydrogens is 645 g/mol. The van der Waals surface area contributed by atoms with Gasteiger partial charge < -0.3 is 24.7 Å². The Morgan fingerprint density at radius 2 is 1.88 bits per heavy atom. The van der Waals surface area contributed by atoms with E-state index >= 15 is 0 Å². The van der Waals surface area contributed by atoms with Crippen molar-refractivity contribution in [2.24, 2.45) is 11.3 Å². The first kappa shape index (κ1) is 35.3. The Hall–Kier alpha value is -4.57. The van der Waals surface area contributed by atoms with Gasteiger partial charge in [-0.05, 0) is 62.1 Å². The number of esters is 3. The third-order valence-corrected chi connectivity index (χ3v) is 10.5. The summed E-state index contributed by atoms with van der Waals surface area (Å²) in [6, 6.07) is 3.72. The van der Waals surface area contributed by atoms with Crippen LogP contribution in [0.3, 0.4) is 0 Å². The summed E-state index contributed by atoms with van der Waals surface area (Å²) in [4.78, 5) is 50.6. The minimum absolute atomic E-state index is 0.0577. The van der Waals surface area contributed by atoms with Gasteiger partial charge in [0, 0.05) is 24.3 Å². The quantitative estimate of drug-likeness (QED) is 0.130. The average molecular weight is 690 g/mol. The SMILES string of the molecule is C#C[C@]1(COC(=O)CC(C)(C)c2c(C)cc(C)cc2OC(C)=O)O[C@@H](n2cnc3c(N)nc(F)nc32)C[C@@H]1OC(=O)C1CC2(CCCCC2)C1. The van der Waals surface area contributed by atoms with E-state index < -0.39 is 48.0 Å². The Morgan fingerprint density at radius 3 is 2.56 bits per heavy atom. The standard InChI is InChI=1S/C37H44FN5O7/c1-7-37(19-47-28(45)18-35(5,6)29-22(3)13-21(2)14-25(29)48-23(4)44)26(49-33(46)24-16-36(17-24)11-9-8-10-12-36)15-27(50-37)43-20-40-30-31(39)41-34(38)42-32(30)43/h1,13-14,20,24,26-27H,8-12,15-19H2,2-6H3,(H2,39,41,42)/t26-,27+,37+/m0/s1. The van der Waals surface area contributed by atoms with Gasteiger partial charge in [-0.3, -0.25) is 19.0 Å². The van der Waals surface area contributed by atoms with Gasteiger partial charge in [0.1, 0.15) is 24.7 Å². The molecule has 0 bridgehead atoms. The molecule has 3 aromatic rings. The minimum Gasteiger partial charge on any atom is -0.461 e. The highest BCUT2D eigenvalue weighted by Crippen LogP contribution is 2.55. The number of aryl methyl sites for hydroxylation is 2. The first-order valence-corrected chi connectivity index (χ1v) is 17.1. The van der Waals surface area contributed by atoms with Crippen molar-refractivity contribution in [2.45, 2.75) is 116 Å². The number of fused-ring (bicyclic) bond motifs is 1. The smallest absolute Gasteiger partial charge is 0.312 e. The van der Waals surface area contributed by atoms with Crippen LogP contribution in [0, 0.1) is 43.6 Å². The van der Waals surface area contributed by atoms with Crippen molar-refractivity contribution in [3.63, 3.8) is 0 Å². The predicted octanol–water partition coefficient (Wildman–Crippen LogP) is 5.56. The van der Waals surface area contributed by atoms with Gasteiger partial charge >= 0.3 is 24.0 Å². The molecule has 12 nitrogen and oxygen atoms in total. The van der Waals surface area contributed by atoms with Crippen LogP contribution in [0.2, 0.25) is 0 Å². The normalized spacial score (nSPS) is 23.3. The molecule has 0 unspecified atom stereocenters. The lowest BCUT2D eigenvalue weighted by molar-refractivity contribution is -0.176. The van der Waals surface area contributed by atoms with Gasteiger partial charge in [-0.25, -0.2) is 4.98 Å². The molecule has 13 heteroatoms. The van der Waals surface area contributed by atoms with E-state index in [1.807, 2.05) is 33.8 Å². The molecule has 1 aliphatic heterocycles. The van der Waals surface area contributed by atoms with Crippen molar-refractivity contribution in [3.8, 4) is 18.1 Å². The van der Waals surface area contributed by atoms with Crippen LogP contribution in [-0.2, 0) is 34.0 Å². The molecule has 3 heterocycles. The number of hydrogen-bond acceptors (Lipinski definition) is 11. The van der Waals surface area contributed by atoms with Gasteiger partial charge in [0.25, 0.3) is 0 Å². The van der Waals surface area contributed by atoms with E-state index in [4.69, 9.17) is 31.1 Å². The van der Waals surface area contributed by atoms with E-state index in [1.165, 1.54) is 37.1 Å². The molecule has 1 aromatic carbocycles. The Balaban J connectivity index is 1.23. The zero-order valence-electron chi connectivity index (χ0n) is 29.2. The number of halogens is 1. The molecule has 50 heavy (non-hydrogen) atoms. The lowest BCUT2D eigenvalue weighted by Gasteiger charge is -2.49. The molecule has 1 spiro atoms. The zero-order valence-corrected chi connectivity index (χ0v) is 29.2. The molecule has 2 aliphatic carbocycles. The van der Waals surface area contributed by atoms with E-state index in [9.17, 15) is 18.8 Å². The summed E-state index contributed by atoms with van der Waals surface area (Å²) >= 11 is 0. The highest BCUT2D eigenvalue weighted by atomic mass is 19.1. The highest BCUT2D eigenvalue weighted by Gasteiger charge is 2.55. The monoisotopic (exact) mass is 689 g/mol. The summed E-state index contributed by atoms with van der Waals surface area (Å²) in [6.45, 7) is 8.40. The summed E-state index contributed by atoms with van der Waals surface area (Å²) < 4.78 is 39.5. The van der Waals surface area contributed by atoms with Crippen LogP contribution >= 0.6 is 0 Å².